The maximum absolute atomic E-state index is 8.54. The van der Waals surface area contributed by atoms with E-state index in [4.69, 9.17) is 5.21 Å². The molecule has 0 aliphatic carbocycles. The first-order valence-electron chi connectivity index (χ1n) is 4.67. The lowest BCUT2D eigenvalue weighted by atomic mass is 10.2. The smallest absolute Gasteiger partial charge is 0.0642 e. The highest BCUT2D eigenvalue weighted by molar-refractivity contribution is 8.00. The Kier molecular flexibility index (Phi) is 2.97. The summed E-state index contributed by atoms with van der Waals surface area (Å²) in [5, 5.41) is 12.9. The van der Waals surface area contributed by atoms with Crippen molar-refractivity contribution in [3.63, 3.8) is 0 Å². The van der Waals surface area contributed by atoms with Crippen LogP contribution in [0.5, 0.6) is 0 Å². The molecule has 2 aromatic rings. The molecule has 1 aromatic heterocycles. The Bertz CT molecular complexity index is 490. The van der Waals surface area contributed by atoms with Gasteiger partial charge in [-0.05, 0) is 13.0 Å². The number of benzene rings is 1. The molecular weight excluding hydrogens is 208 g/mol. The highest BCUT2D eigenvalue weighted by Crippen LogP contribution is 2.27. The van der Waals surface area contributed by atoms with Crippen molar-refractivity contribution in [2.45, 2.75) is 11.8 Å². The van der Waals surface area contributed by atoms with Gasteiger partial charge in [0.25, 0.3) is 0 Å². The molecule has 0 fully saturated rings. The number of H-pyrrole nitrogens is 1. The predicted molar refractivity (Wildman–Crippen MR) is 63.9 cm³/mol. The maximum atomic E-state index is 8.54. The van der Waals surface area contributed by atoms with Crippen LogP contribution in [0.4, 0.5) is 0 Å². The second-order valence-electron chi connectivity index (χ2n) is 3.32. The van der Waals surface area contributed by atoms with Crippen molar-refractivity contribution in [2.75, 3.05) is 5.75 Å². The second-order valence-corrected chi connectivity index (χ2v) is 4.34. The average molecular weight is 220 g/mol. The molecule has 0 aliphatic rings. The summed E-state index contributed by atoms with van der Waals surface area (Å²) < 4.78 is 0. The Morgan fingerprint density at radius 1 is 1.47 bits per heavy atom. The molecular formula is C11H12N2OS. The molecule has 0 saturated carbocycles. The second kappa shape index (κ2) is 4.40. The highest BCUT2D eigenvalue weighted by atomic mass is 32.2. The van der Waals surface area contributed by atoms with Gasteiger partial charge in [0.2, 0.25) is 0 Å². The van der Waals surface area contributed by atoms with Crippen LogP contribution in [0.1, 0.15) is 6.92 Å². The molecule has 1 heterocycles. The number of hydrogen-bond acceptors (Lipinski definition) is 3. The summed E-state index contributed by atoms with van der Waals surface area (Å²) in [7, 11) is 0. The molecule has 1 aromatic carbocycles. The minimum atomic E-state index is 0.707. The average Bonchev–Trinajstić information content (AvgIpc) is 2.69. The third-order valence-corrected chi connectivity index (χ3v) is 3.37. The normalized spacial score (nSPS) is 12.2. The van der Waals surface area contributed by atoms with Crippen LogP contribution in [0.2, 0.25) is 0 Å². The van der Waals surface area contributed by atoms with Gasteiger partial charge in [0.15, 0.2) is 0 Å². The summed E-state index contributed by atoms with van der Waals surface area (Å²) in [5.41, 5.74) is 1.86. The fourth-order valence-electron chi connectivity index (χ4n) is 1.38. The zero-order valence-corrected chi connectivity index (χ0v) is 9.21. The first kappa shape index (κ1) is 10.1. The van der Waals surface area contributed by atoms with Crippen molar-refractivity contribution in [3.05, 3.63) is 30.5 Å². The van der Waals surface area contributed by atoms with Gasteiger partial charge in [-0.2, -0.15) is 0 Å². The van der Waals surface area contributed by atoms with E-state index in [1.165, 1.54) is 10.3 Å². The van der Waals surface area contributed by atoms with Gasteiger partial charge < -0.3 is 10.2 Å². The standard InChI is InChI=1S/C11H12N2OS/c1-8(13-14)7-15-11-6-12-10-5-3-2-4-9(10)11/h2-6,12,14H,7H2,1H3/b13-8+. The van der Waals surface area contributed by atoms with Crippen LogP contribution in [0, 0.1) is 0 Å². The molecule has 0 bridgehead atoms. The lowest BCUT2D eigenvalue weighted by Crippen LogP contribution is -1.93. The molecule has 0 radical (unpaired) electrons. The fourth-order valence-corrected chi connectivity index (χ4v) is 2.27. The van der Waals surface area contributed by atoms with E-state index in [2.05, 4.69) is 16.2 Å². The van der Waals surface area contributed by atoms with Gasteiger partial charge in [-0.25, -0.2) is 0 Å². The molecule has 0 spiro atoms. The molecule has 2 N–H and O–H groups in total. The van der Waals surface area contributed by atoms with Crippen LogP contribution in [-0.4, -0.2) is 21.7 Å². The van der Waals surface area contributed by atoms with E-state index in [9.17, 15) is 0 Å². The van der Waals surface area contributed by atoms with E-state index in [-0.39, 0.29) is 0 Å². The van der Waals surface area contributed by atoms with E-state index in [0.717, 1.165) is 11.2 Å². The first-order chi connectivity index (χ1) is 7.31. The van der Waals surface area contributed by atoms with Gasteiger partial charge in [0.1, 0.15) is 0 Å². The minimum Gasteiger partial charge on any atom is -0.411 e. The molecule has 4 heteroatoms. The summed E-state index contributed by atoms with van der Waals surface area (Å²) in [6.07, 6.45) is 1.99. The predicted octanol–water partition coefficient (Wildman–Crippen LogP) is 3.11. The molecule has 0 saturated heterocycles. The van der Waals surface area contributed by atoms with Crippen LogP contribution in [-0.2, 0) is 0 Å². The summed E-state index contributed by atoms with van der Waals surface area (Å²) in [5.74, 6) is 0.707. The van der Waals surface area contributed by atoms with Crippen molar-refractivity contribution in [3.8, 4) is 0 Å². The highest BCUT2D eigenvalue weighted by Gasteiger charge is 2.03. The first-order valence-corrected chi connectivity index (χ1v) is 5.66. The number of para-hydroxylation sites is 1. The molecule has 15 heavy (non-hydrogen) atoms. The van der Waals surface area contributed by atoms with Gasteiger partial charge in [0.05, 0.1) is 5.71 Å². The number of fused-ring (bicyclic) bond motifs is 1. The SMILES string of the molecule is C/C(CSc1c[nH]c2ccccc12)=N\O. The van der Waals surface area contributed by atoms with E-state index in [1.54, 1.807) is 11.8 Å². The Hall–Kier alpha value is -1.42. The number of oxime groups is 1. The van der Waals surface area contributed by atoms with Crippen LogP contribution in [0.3, 0.4) is 0 Å². The summed E-state index contributed by atoms with van der Waals surface area (Å²) >= 11 is 1.67. The van der Waals surface area contributed by atoms with Gasteiger partial charge in [0, 0.05) is 27.7 Å². The summed E-state index contributed by atoms with van der Waals surface area (Å²) in [6, 6.07) is 8.16. The van der Waals surface area contributed by atoms with Crippen molar-refractivity contribution < 1.29 is 5.21 Å². The van der Waals surface area contributed by atoms with Crippen molar-refractivity contribution >= 4 is 28.4 Å². The molecule has 3 nitrogen and oxygen atoms in total. The zero-order valence-electron chi connectivity index (χ0n) is 8.40. The van der Waals surface area contributed by atoms with Crippen LogP contribution < -0.4 is 0 Å². The summed E-state index contributed by atoms with van der Waals surface area (Å²) in [6.45, 7) is 1.81. The van der Waals surface area contributed by atoms with Crippen molar-refractivity contribution in [2.24, 2.45) is 5.16 Å². The van der Waals surface area contributed by atoms with E-state index < -0.39 is 0 Å². The van der Waals surface area contributed by atoms with Crippen LogP contribution >= 0.6 is 11.8 Å². The van der Waals surface area contributed by atoms with Gasteiger partial charge in [-0.1, -0.05) is 23.4 Å². The Morgan fingerprint density at radius 2 is 2.27 bits per heavy atom. The van der Waals surface area contributed by atoms with E-state index in [0.29, 0.717) is 5.75 Å². The number of aromatic nitrogens is 1. The number of aromatic amines is 1. The number of thioether (sulfide) groups is 1. The van der Waals surface area contributed by atoms with Crippen LogP contribution in [0.15, 0.2) is 40.5 Å². The Labute approximate surface area is 92.2 Å². The van der Waals surface area contributed by atoms with Crippen LogP contribution in [0.25, 0.3) is 10.9 Å². The number of rotatable bonds is 3. The van der Waals surface area contributed by atoms with E-state index >= 15 is 0 Å². The molecule has 0 unspecified atom stereocenters. The topological polar surface area (TPSA) is 48.4 Å². The lowest BCUT2D eigenvalue weighted by Gasteiger charge is -1.97. The quantitative estimate of drug-likeness (QED) is 0.361. The molecule has 0 aliphatic heterocycles. The molecule has 2 rings (SSSR count). The van der Waals surface area contributed by atoms with Crippen molar-refractivity contribution in [1.82, 2.24) is 4.98 Å². The maximum Gasteiger partial charge on any atom is 0.0642 e. The molecule has 0 amide bonds. The summed E-state index contributed by atoms with van der Waals surface area (Å²) in [4.78, 5) is 4.40. The number of hydrogen-bond donors (Lipinski definition) is 2. The van der Waals surface area contributed by atoms with Gasteiger partial charge in [-0.15, -0.1) is 11.8 Å². The minimum absolute atomic E-state index is 0.707. The zero-order chi connectivity index (χ0) is 10.7. The van der Waals surface area contributed by atoms with E-state index in [1.807, 2.05) is 31.3 Å². The third-order valence-electron chi connectivity index (χ3n) is 2.16. The Morgan fingerprint density at radius 3 is 3.07 bits per heavy atom. The monoisotopic (exact) mass is 220 g/mol. The largest absolute Gasteiger partial charge is 0.411 e. The third kappa shape index (κ3) is 2.15. The van der Waals surface area contributed by atoms with Gasteiger partial charge in [-0.3, -0.25) is 0 Å². The lowest BCUT2D eigenvalue weighted by molar-refractivity contribution is 0.318. The molecule has 78 valence electrons. The molecule has 0 atom stereocenters. The van der Waals surface area contributed by atoms with Crippen molar-refractivity contribution in [1.29, 1.82) is 0 Å². The fraction of sp³-hybridized carbons (Fsp3) is 0.182. The van der Waals surface area contributed by atoms with Gasteiger partial charge >= 0.3 is 0 Å². The number of nitrogens with zero attached hydrogens (tertiary/aromatic N) is 1. The number of nitrogens with one attached hydrogen (secondary N) is 1. The Balaban J connectivity index is 2.22.